The normalized spacial score (nSPS) is 25.0. The van der Waals surface area contributed by atoms with Crippen LogP contribution in [0.25, 0.3) is 10.9 Å². The fourth-order valence-electron chi connectivity index (χ4n) is 4.02. The van der Waals surface area contributed by atoms with Gasteiger partial charge in [0.15, 0.2) is 0 Å². The Hall–Kier alpha value is -1.29. The molecule has 2 N–H and O–H groups in total. The molecule has 0 fully saturated rings. The number of nitrogens with zero attached hydrogens (tertiary/aromatic N) is 1. The molecule has 0 radical (unpaired) electrons. The first kappa shape index (κ1) is 13.4. The molecular weight excluding hydrogens is 284 g/mol. The zero-order valence-corrected chi connectivity index (χ0v) is 12.8. The van der Waals surface area contributed by atoms with Crippen molar-refractivity contribution < 1.29 is 5.11 Å². The third kappa shape index (κ3) is 1.88. The first-order chi connectivity index (χ1) is 10.2. The third-order valence-corrected chi connectivity index (χ3v) is 5.32. The molecule has 0 saturated heterocycles. The topological polar surface area (TPSA) is 39.3 Å². The molecule has 4 heteroatoms. The molecule has 2 atom stereocenters. The maximum atomic E-state index is 9.57. The van der Waals surface area contributed by atoms with Crippen LogP contribution in [-0.4, -0.2) is 40.7 Å². The summed E-state index contributed by atoms with van der Waals surface area (Å²) in [6.45, 7) is 4.19. The lowest BCUT2D eigenvalue weighted by Gasteiger charge is -2.42. The molecule has 2 aromatic rings. The van der Waals surface area contributed by atoms with Crippen LogP contribution < -0.4 is 0 Å². The summed E-state index contributed by atoms with van der Waals surface area (Å²) in [6, 6.07) is 6.83. The minimum atomic E-state index is 0.149. The van der Waals surface area contributed by atoms with Crippen molar-refractivity contribution in [1.82, 2.24) is 9.88 Å². The average Bonchev–Trinajstić information content (AvgIpc) is 2.84. The Labute approximate surface area is 129 Å². The van der Waals surface area contributed by atoms with Crippen LogP contribution in [0.15, 0.2) is 29.8 Å². The van der Waals surface area contributed by atoms with Crippen molar-refractivity contribution >= 4 is 22.5 Å². The van der Waals surface area contributed by atoms with E-state index in [0.717, 1.165) is 35.8 Å². The predicted molar refractivity (Wildman–Crippen MR) is 86.0 cm³/mol. The van der Waals surface area contributed by atoms with Crippen LogP contribution in [0.5, 0.6) is 0 Å². The maximum absolute atomic E-state index is 9.57. The highest BCUT2D eigenvalue weighted by Gasteiger charge is 2.37. The Morgan fingerprint density at radius 1 is 1.43 bits per heavy atom. The first-order valence-electron chi connectivity index (χ1n) is 7.56. The summed E-state index contributed by atoms with van der Waals surface area (Å²) in [5, 5.41) is 11.6. The summed E-state index contributed by atoms with van der Waals surface area (Å²) in [6.07, 6.45) is 3.25. The SMILES string of the molecule is CCN1CC(CO)=C[C@@H]2c3cccc4[nH]c(Cl)c(c34)C[C@H]21. The van der Waals surface area contributed by atoms with E-state index in [1.54, 1.807) is 0 Å². The molecule has 0 unspecified atom stereocenters. The van der Waals surface area contributed by atoms with E-state index >= 15 is 0 Å². The zero-order valence-electron chi connectivity index (χ0n) is 12.1. The highest BCUT2D eigenvalue weighted by Crippen LogP contribution is 2.44. The van der Waals surface area contributed by atoms with E-state index < -0.39 is 0 Å². The molecular formula is C17H19ClN2O. The van der Waals surface area contributed by atoms with Gasteiger partial charge in [-0.1, -0.05) is 36.7 Å². The number of rotatable bonds is 2. The number of likely N-dealkylation sites (N-methyl/N-ethyl adjacent to an activating group) is 1. The van der Waals surface area contributed by atoms with Gasteiger partial charge < -0.3 is 10.1 Å². The van der Waals surface area contributed by atoms with Gasteiger partial charge in [0, 0.05) is 29.4 Å². The van der Waals surface area contributed by atoms with Crippen LogP contribution in [0.1, 0.15) is 24.0 Å². The van der Waals surface area contributed by atoms with Crippen molar-refractivity contribution in [3.63, 3.8) is 0 Å². The molecule has 2 heterocycles. The lowest BCUT2D eigenvalue weighted by atomic mass is 9.76. The summed E-state index contributed by atoms with van der Waals surface area (Å²) in [7, 11) is 0. The number of benzene rings is 1. The average molecular weight is 303 g/mol. The molecule has 4 rings (SSSR count). The molecule has 0 amide bonds. The Bertz CT molecular complexity index is 734. The van der Waals surface area contributed by atoms with E-state index in [1.165, 1.54) is 16.5 Å². The number of H-pyrrole nitrogens is 1. The van der Waals surface area contributed by atoms with Crippen molar-refractivity contribution in [1.29, 1.82) is 0 Å². The molecule has 1 aromatic heterocycles. The minimum absolute atomic E-state index is 0.149. The summed E-state index contributed by atoms with van der Waals surface area (Å²) in [5.74, 6) is 0.351. The first-order valence-corrected chi connectivity index (χ1v) is 7.94. The van der Waals surface area contributed by atoms with Gasteiger partial charge in [0.1, 0.15) is 5.15 Å². The standard InChI is InChI=1S/C17H19ClN2O/c1-2-20-8-10(9-21)6-12-11-4-3-5-14-16(11)13(7-15(12)20)17(18)19-14/h3-6,12,15,19,21H,2,7-9H2,1H3/t12-,15-/m1/s1. The number of aliphatic hydroxyl groups excluding tert-OH is 1. The lowest BCUT2D eigenvalue weighted by molar-refractivity contribution is 0.179. The second kappa shape index (κ2) is 4.87. The highest BCUT2D eigenvalue weighted by atomic mass is 35.5. The number of aromatic nitrogens is 1. The molecule has 110 valence electrons. The second-order valence-corrected chi connectivity index (χ2v) is 6.41. The molecule has 0 bridgehead atoms. The van der Waals surface area contributed by atoms with E-state index in [4.69, 9.17) is 11.6 Å². The van der Waals surface area contributed by atoms with Gasteiger partial charge in [-0.25, -0.2) is 0 Å². The van der Waals surface area contributed by atoms with Crippen LogP contribution in [-0.2, 0) is 6.42 Å². The van der Waals surface area contributed by atoms with E-state index in [-0.39, 0.29) is 6.61 Å². The third-order valence-electron chi connectivity index (χ3n) is 4.99. The number of hydrogen-bond acceptors (Lipinski definition) is 2. The fourth-order valence-corrected chi connectivity index (χ4v) is 4.29. The van der Waals surface area contributed by atoms with E-state index in [0.29, 0.717) is 12.0 Å². The van der Waals surface area contributed by atoms with Crippen LogP contribution >= 0.6 is 11.6 Å². The molecule has 3 nitrogen and oxygen atoms in total. The van der Waals surface area contributed by atoms with Crippen molar-refractivity contribution in [2.75, 3.05) is 19.7 Å². The van der Waals surface area contributed by atoms with Crippen LogP contribution in [0.4, 0.5) is 0 Å². The molecule has 1 aliphatic carbocycles. The Morgan fingerprint density at radius 2 is 2.29 bits per heavy atom. The van der Waals surface area contributed by atoms with E-state index in [9.17, 15) is 5.11 Å². The number of aromatic amines is 1. The van der Waals surface area contributed by atoms with E-state index in [2.05, 4.69) is 41.1 Å². The summed E-state index contributed by atoms with van der Waals surface area (Å²) in [5.41, 5.74) is 4.84. The zero-order chi connectivity index (χ0) is 14.6. The number of hydrogen-bond donors (Lipinski definition) is 2. The molecule has 2 aliphatic rings. The molecule has 0 saturated carbocycles. The number of fused-ring (bicyclic) bond motifs is 2. The van der Waals surface area contributed by atoms with Crippen LogP contribution in [0.2, 0.25) is 5.15 Å². The summed E-state index contributed by atoms with van der Waals surface area (Å²) in [4.78, 5) is 5.76. The quantitative estimate of drug-likeness (QED) is 0.837. The van der Waals surface area contributed by atoms with Crippen molar-refractivity contribution in [3.05, 3.63) is 46.1 Å². The van der Waals surface area contributed by atoms with Gasteiger partial charge in [-0.3, -0.25) is 4.90 Å². The molecule has 21 heavy (non-hydrogen) atoms. The number of aliphatic hydroxyl groups is 1. The lowest BCUT2D eigenvalue weighted by Crippen LogP contribution is -2.46. The van der Waals surface area contributed by atoms with Crippen molar-refractivity contribution in [2.45, 2.75) is 25.3 Å². The molecule has 1 aromatic carbocycles. The smallest absolute Gasteiger partial charge is 0.110 e. The fraction of sp³-hybridized carbons (Fsp3) is 0.412. The Morgan fingerprint density at radius 3 is 3.05 bits per heavy atom. The van der Waals surface area contributed by atoms with Gasteiger partial charge >= 0.3 is 0 Å². The van der Waals surface area contributed by atoms with Crippen molar-refractivity contribution in [3.8, 4) is 0 Å². The monoisotopic (exact) mass is 302 g/mol. The van der Waals surface area contributed by atoms with Crippen LogP contribution in [0.3, 0.4) is 0 Å². The molecule has 1 aliphatic heterocycles. The van der Waals surface area contributed by atoms with E-state index in [1.807, 2.05) is 0 Å². The summed E-state index contributed by atoms with van der Waals surface area (Å²) >= 11 is 6.42. The van der Waals surface area contributed by atoms with Gasteiger partial charge in [-0.15, -0.1) is 0 Å². The minimum Gasteiger partial charge on any atom is -0.392 e. The van der Waals surface area contributed by atoms with Gasteiger partial charge in [-0.05, 0) is 35.7 Å². The van der Waals surface area contributed by atoms with Gasteiger partial charge in [0.25, 0.3) is 0 Å². The maximum Gasteiger partial charge on any atom is 0.110 e. The van der Waals surface area contributed by atoms with Gasteiger partial charge in [0.2, 0.25) is 0 Å². The van der Waals surface area contributed by atoms with Crippen LogP contribution in [0, 0.1) is 0 Å². The Balaban J connectivity index is 1.94. The number of halogens is 1. The largest absolute Gasteiger partial charge is 0.392 e. The number of nitrogens with one attached hydrogen (secondary N) is 1. The van der Waals surface area contributed by atoms with Gasteiger partial charge in [0.05, 0.1) is 6.61 Å². The Kier molecular flexibility index (Phi) is 3.10. The van der Waals surface area contributed by atoms with Gasteiger partial charge in [-0.2, -0.15) is 0 Å². The second-order valence-electron chi connectivity index (χ2n) is 6.03. The predicted octanol–water partition coefficient (Wildman–Crippen LogP) is 3.08. The van der Waals surface area contributed by atoms with Crippen molar-refractivity contribution in [2.24, 2.45) is 0 Å². The summed E-state index contributed by atoms with van der Waals surface area (Å²) < 4.78 is 0. The highest BCUT2D eigenvalue weighted by molar-refractivity contribution is 6.32. The molecule has 0 spiro atoms.